The molecule has 20 heavy (non-hydrogen) atoms. The fourth-order valence-electron chi connectivity index (χ4n) is 2.09. The van der Waals surface area contributed by atoms with Crippen LogP contribution in [-0.2, 0) is 23.1 Å². The van der Waals surface area contributed by atoms with Crippen LogP contribution in [0.15, 0.2) is 0 Å². The van der Waals surface area contributed by atoms with Crippen LogP contribution in [0.1, 0.15) is 46.0 Å². The molecule has 1 aliphatic carbocycles. The molecular formula is C12H21N2O5P. The van der Waals surface area contributed by atoms with Gasteiger partial charge in [-0.2, -0.15) is 0 Å². The lowest BCUT2D eigenvalue weighted by atomic mass is 9.98. The average molecular weight is 304 g/mol. The van der Waals surface area contributed by atoms with Crippen molar-refractivity contribution in [2.75, 3.05) is 13.2 Å². The molecule has 8 heteroatoms. The molecule has 0 spiro atoms. The SMILES string of the molecule is CCOP(=O)(OCC)C(=[N+]=[N-])C(=O)OC1CCCCC1. The highest BCUT2D eigenvalue weighted by Gasteiger charge is 2.47. The quantitative estimate of drug-likeness (QED) is 0.237. The van der Waals surface area contributed by atoms with Gasteiger partial charge in [-0.05, 0) is 39.5 Å². The van der Waals surface area contributed by atoms with Crippen LogP contribution in [0.5, 0.6) is 0 Å². The fourth-order valence-corrected chi connectivity index (χ4v) is 3.48. The molecule has 0 aromatic rings. The van der Waals surface area contributed by atoms with Crippen molar-refractivity contribution >= 4 is 19.0 Å². The van der Waals surface area contributed by atoms with Gasteiger partial charge in [-0.15, -0.1) is 4.79 Å². The number of carbonyl (C=O) groups excluding carboxylic acids is 1. The standard InChI is InChI=1S/C12H21N2O5P/c1-3-17-20(16,18-4-2)11(14-13)12(15)19-10-8-6-5-7-9-10/h10H,3-9H2,1-2H3. The molecule has 1 saturated carbocycles. The Balaban J connectivity index is 2.79. The third-order valence-corrected chi connectivity index (χ3v) is 4.95. The van der Waals surface area contributed by atoms with Crippen molar-refractivity contribution < 1.29 is 27.9 Å². The van der Waals surface area contributed by atoms with Crippen LogP contribution < -0.4 is 0 Å². The summed E-state index contributed by atoms with van der Waals surface area (Å²) in [6.45, 7) is 3.33. The van der Waals surface area contributed by atoms with Crippen LogP contribution in [0.3, 0.4) is 0 Å². The van der Waals surface area contributed by atoms with Crippen molar-refractivity contribution in [1.29, 1.82) is 0 Å². The van der Waals surface area contributed by atoms with Crippen molar-refractivity contribution in [2.45, 2.75) is 52.1 Å². The fraction of sp³-hybridized carbons (Fsp3) is 0.833. The van der Waals surface area contributed by atoms with Gasteiger partial charge in [0.1, 0.15) is 6.10 Å². The third-order valence-electron chi connectivity index (χ3n) is 2.96. The van der Waals surface area contributed by atoms with E-state index in [1.165, 1.54) is 0 Å². The van der Waals surface area contributed by atoms with Crippen LogP contribution in [0, 0.1) is 0 Å². The molecule has 114 valence electrons. The molecule has 0 aliphatic heterocycles. The summed E-state index contributed by atoms with van der Waals surface area (Å²) in [7, 11) is -3.93. The maximum absolute atomic E-state index is 12.4. The van der Waals surface area contributed by atoms with E-state index in [0.29, 0.717) is 0 Å². The lowest BCUT2D eigenvalue weighted by molar-refractivity contribution is -0.146. The van der Waals surface area contributed by atoms with Gasteiger partial charge in [0.05, 0.1) is 13.2 Å². The number of carbonyl (C=O) groups is 1. The summed E-state index contributed by atoms with van der Waals surface area (Å²) < 4.78 is 27.6. The molecule has 0 unspecified atom stereocenters. The first-order valence-corrected chi connectivity index (χ1v) is 8.44. The van der Waals surface area contributed by atoms with E-state index in [0.717, 1.165) is 32.1 Å². The Bertz CT molecular complexity index is 418. The van der Waals surface area contributed by atoms with E-state index in [-0.39, 0.29) is 19.3 Å². The zero-order chi connectivity index (χ0) is 15.0. The molecule has 0 saturated heterocycles. The second-order valence-corrected chi connectivity index (χ2v) is 6.36. The van der Waals surface area contributed by atoms with Crippen molar-refractivity contribution in [1.82, 2.24) is 0 Å². The second kappa shape index (κ2) is 8.32. The van der Waals surface area contributed by atoms with Crippen LogP contribution in [0.4, 0.5) is 0 Å². The molecule has 1 rings (SSSR count). The second-order valence-electron chi connectivity index (χ2n) is 4.42. The average Bonchev–Trinajstić information content (AvgIpc) is 2.41. The summed E-state index contributed by atoms with van der Waals surface area (Å²) >= 11 is 0. The number of hydrogen-bond donors (Lipinski definition) is 0. The van der Waals surface area contributed by atoms with Gasteiger partial charge in [-0.25, -0.2) is 9.36 Å². The van der Waals surface area contributed by atoms with Gasteiger partial charge in [0.2, 0.25) is 0 Å². The molecule has 0 aromatic carbocycles. The van der Waals surface area contributed by atoms with Crippen molar-refractivity contribution in [3.8, 4) is 0 Å². The summed E-state index contributed by atoms with van der Waals surface area (Å²) in [6, 6.07) is 0. The van der Waals surface area contributed by atoms with Gasteiger partial charge in [0.15, 0.2) is 0 Å². The van der Waals surface area contributed by atoms with Gasteiger partial charge in [0, 0.05) is 0 Å². The van der Waals surface area contributed by atoms with Gasteiger partial charge in [-0.1, -0.05) is 6.42 Å². The van der Waals surface area contributed by atoms with Crippen LogP contribution >= 0.6 is 7.60 Å². The first-order valence-electron chi connectivity index (χ1n) is 6.90. The van der Waals surface area contributed by atoms with Crippen molar-refractivity contribution in [3.05, 3.63) is 5.53 Å². The Morgan fingerprint density at radius 2 is 1.75 bits per heavy atom. The molecule has 0 bridgehead atoms. The minimum atomic E-state index is -3.93. The molecule has 0 radical (unpaired) electrons. The monoisotopic (exact) mass is 304 g/mol. The maximum atomic E-state index is 12.4. The Morgan fingerprint density at radius 1 is 1.20 bits per heavy atom. The molecule has 7 nitrogen and oxygen atoms in total. The lowest BCUT2D eigenvalue weighted by Gasteiger charge is -2.21. The molecule has 0 heterocycles. The predicted molar refractivity (Wildman–Crippen MR) is 72.4 cm³/mol. The molecule has 1 aliphatic rings. The number of hydrogen-bond acceptors (Lipinski definition) is 5. The summed E-state index contributed by atoms with van der Waals surface area (Å²) in [6.07, 6.45) is 4.38. The number of ether oxygens (including phenoxy) is 1. The summed E-state index contributed by atoms with van der Waals surface area (Å²) in [4.78, 5) is 14.8. The zero-order valence-corrected chi connectivity index (χ0v) is 12.8. The maximum Gasteiger partial charge on any atom is 0.484 e. The van der Waals surface area contributed by atoms with Crippen LogP contribution in [0.25, 0.3) is 5.53 Å². The minimum absolute atomic E-state index is 0.0625. The molecular weight excluding hydrogens is 283 g/mol. The molecule has 0 aromatic heterocycles. The third kappa shape index (κ3) is 4.53. The Labute approximate surface area is 118 Å². The highest BCUT2D eigenvalue weighted by Crippen LogP contribution is 2.49. The predicted octanol–water partition coefficient (Wildman–Crippen LogP) is 2.76. The highest BCUT2D eigenvalue weighted by molar-refractivity contribution is 7.74. The zero-order valence-electron chi connectivity index (χ0n) is 11.9. The van der Waals surface area contributed by atoms with E-state index in [1.807, 2.05) is 0 Å². The number of rotatable bonds is 7. The van der Waals surface area contributed by atoms with Crippen LogP contribution in [-0.4, -0.2) is 35.5 Å². The van der Waals surface area contributed by atoms with E-state index in [1.54, 1.807) is 13.8 Å². The van der Waals surface area contributed by atoms with E-state index in [4.69, 9.17) is 19.3 Å². The summed E-state index contributed by atoms with van der Waals surface area (Å²) in [5.41, 5.74) is 8.28. The molecule has 0 amide bonds. The van der Waals surface area contributed by atoms with Gasteiger partial charge in [-0.3, -0.25) is 0 Å². The molecule has 0 N–H and O–H groups in total. The normalized spacial score (nSPS) is 16.5. The lowest BCUT2D eigenvalue weighted by Crippen LogP contribution is -2.28. The van der Waals surface area contributed by atoms with Crippen molar-refractivity contribution in [3.63, 3.8) is 0 Å². The first kappa shape index (κ1) is 17.1. The van der Waals surface area contributed by atoms with Crippen LogP contribution in [0.2, 0.25) is 0 Å². The molecule has 0 atom stereocenters. The van der Waals surface area contributed by atoms with Gasteiger partial charge >= 0.3 is 19.0 Å². The minimum Gasteiger partial charge on any atom is -0.453 e. The van der Waals surface area contributed by atoms with E-state index < -0.39 is 19.0 Å². The van der Waals surface area contributed by atoms with Gasteiger partial charge in [0.25, 0.3) is 0 Å². The summed E-state index contributed by atoms with van der Waals surface area (Å²) in [5, 5.41) is 0. The number of esters is 1. The summed E-state index contributed by atoms with van der Waals surface area (Å²) in [5.74, 6) is -0.940. The number of nitrogens with zero attached hydrogens (tertiary/aromatic N) is 2. The largest absolute Gasteiger partial charge is 0.484 e. The Hall–Kier alpha value is -1.00. The first-order chi connectivity index (χ1) is 9.57. The highest BCUT2D eigenvalue weighted by atomic mass is 31.2. The Morgan fingerprint density at radius 3 is 2.20 bits per heavy atom. The Kier molecular flexibility index (Phi) is 7.10. The van der Waals surface area contributed by atoms with E-state index in [9.17, 15) is 9.36 Å². The molecule has 1 fully saturated rings. The topological polar surface area (TPSA) is 98.2 Å². The van der Waals surface area contributed by atoms with E-state index >= 15 is 0 Å². The smallest absolute Gasteiger partial charge is 0.453 e. The van der Waals surface area contributed by atoms with Gasteiger partial charge < -0.3 is 19.3 Å². The van der Waals surface area contributed by atoms with E-state index in [2.05, 4.69) is 4.79 Å². The van der Waals surface area contributed by atoms with Crippen molar-refractivity contribution in [2.24, 2.45) is 0 Å².